The maximum atomic E-state index is 11.9. The van der Waals surface area contributed by atoms with Crippen LogP contribution in [0.3, 0.4) is 0 Å². The van der Waals surface area contributed by atoms with Gasteiger partial charge in [0.15, 0.2) is 11.5 Å². The molecule has 1 amide bonds. The normalized spacial score (nSPS) is 11.0. The lowest BCUT2D eigenvalue weighted by atomic mass is 10.1. The Morgan fingerprint density at radius 3 is 2.38 bits per heavy atom. The van der Waals surface area contributed by atoms with Crippen LogP contribution in [0.1, 0.15) is 26.3 Å². The molecule has 0 saturated carbocycles. The van der Waals surface area contributed by atoms with Crippen molar-refractivity contribution in [3.8, 4) is 11.5 Å². The molecule has 0 aliphatic carbocycles. The van der Waals surface area contributed by atoms with Crippen LogP contribution in [-0.2, 0) is 16.2 Å². The number of amides is 1. The van der Waals surface area contributed by atoms with E-state index in [4.69, 9.17) is 20.1 Å². The molecule has 0 atom stereocenters. The lowest BCUT2D eigenvalue weighted by molar-refractivity contribution is 0.0635. The van der Waals surface area contributed by atoms with E-state index in [2.05, 4.69) is 10.2 Å². The number of hydrogen-bond acceptors (Lipinski definition) is 6. The van der Waals surface area contributed by atoms with Crippen LogP contribution >= 0.6 is 0 Å². The molecule has 0 aromatic heterocycles. The summed E-state index contributed by atoms with van der Waals surface area (Å²) in [5.41, 5.74) is 0.540. The third-order valence-electron chi connectivity index (χ3n) is 2.42. The fourth-order valence-corrected chi connectivity index (χ4v) is 1.71. The molecule has 0 spiro atoms. The largest absolute Gasteiger partial charge is 0.493 e. The van der Waals surface area contributed by atoms with E-state index in [9.17, 15) is 4.79 Å². The number of carbonyl (C=O) groups is 1. The predicted molar refractivity (Wildman–Crippen MR) is 78.4 cm³/mol. The van der Waals surface area contributed by atoms with E-state index in [1.165, 1.54) is 14.2 Å². The van der Waals surface area contributed by atoms with Gasteiger partial charge in [-0.2, -0.15) is 0 Å². The highest BCUT2D eigenvalue weighted by Gasteiger charge is 2.19. The Kier molecular flexibility index (Phi) is 5.80. The van der Waals surface area contributed by atoms with Crippen LogP contribution in [0.2, 0.25) is 0 Å². The smallest absolute Gasteiger partial charge is 0.412 e. The number of nitrogens with two attached hydrogens (primary N) is 1. The first kappa shape index (κ1) is 17.1. The van der Waals surface area contributed by atoms with Crippen molar-refractivity contribution in [2.75, 3.05) is 19.5 Å². The van der Waals surface area contributed by atoms with Gasteiger partial charge in [-0.05, 0) is 38.5 Å². The van der Waals surface area contributed by atoms with E-state index in [0.29, 0.717) is 17.2 Å². The molecule has 7 heteroatoms. The average molecular weight is 298 g/mol. The van der Waals surface area contributed by atoms with Gasteiger partial charge in [0, 0.05) is 0 Å². The van der Waals surface area contributed by atoms with E-state index in [-0.39, 0.29) is 6.61 Å². The molecule has 7 nitrogen and oxygen atoms in total. The van der Waals surface area contributed by atoms with Crippen molar-refractivity contribution < 1.29 is 23.8 Å². The Morgan fingerprint density at radius 2 is 1.90 bits per heavy atom. The van der Waals surface area contributed by atoms with Crippen LogP contribution in [0.4, 0.5) is 10.5 Å². The van der Waals surface area contributed by atoms with E-state index in [1.54, 1.807) is 32.9 Å². The first-order valence-corrected chi connectivity index (χ1v) is 6.37. The molecule has 0 fully saturated rings. The minimum atomic E-state index is -0.598. The summed E-state index contributed by atoms with van der Waals surface area (Å²) >= 11 is 0. The number of anilines is 1. The minimum absolute atomic E-state index is 0.170. The lowest BCUT2D eigenvalue weighted by Gasteiger charge is -2.21. The van der Waals surface area contributed by atoms with Gasteiger partial charge in [-0.25, -0.2) is 10.7 Å². The number of hydrogen-bond donors (Lipinski definition) is 2. The van der Waals surface area contributed by atoms with E-state index < -0.39 is 11.7 Å². The molecule has 0 aliphatic heterocycles. The molecular weight excluding hydrogens is 276 g/mol. The molecule has 1 rings (SSSR count). The molecular formula is C14H22N2O5. The van der Waals surface area contributed by atoms with Crippen LogP contribution in [0.5, 0.6) is 11.5 Å². The number of methoxy groups -OCH3 is 2. The van der Waals surface area contributed by atoms with Gasteiger partial charge >= 0.3 is 6.09 Å². The van der Waals surface area contributed by atoms with Crippen molar-refractivity contribution in [1.29, 1.82) is 0 Å². The standard InChI is InChI=1S/C14H22N2O5/c1-14(2,3)21-13(17)16-10-6-9(8-20-15)7-11(18-4)12(10)19-5/h6-7H,8,15H2,1-5H3,(H,16,17). The lowest BCUT2D eigenvalue weighted by Crippen LogP contribution is -2.27. The highest BCUT2D eigenvalue weighted by Crippen LogP contribution is 2.37. The Hall–Kier alpha value is -1.99. The van der Waals surface area contributed by atoms with Crippen molar-refractivity contribution in [1.82, 2.24) is 0 Å². The minimum Gasteiger partial charge on any atom is -0.493 e. The fraction of sp³-hybridized carbons (Fsp3) is 0.500. The monoisotopic (exact) mass is 298 g/mol. The topological polar surface area (TPSA) is 92.0 Å². The zero-order valence-electron chi connectivity index (χ0n) is 13.0. The van der Waals surface area contributed by atoms with Gasteiger partial charge in [0.05, 0.1) is 26.5 Å². The van der Waals surface area contributed by atoms with Crippen molar-refractivity contribution >= 4 is 11.8 Å². The molecule has 0 aliphatic rings. The van der Waals surface area contributed by atoms with Gasteiger partial charge < -0.3 is 14.2 Å². The molecule has 0 heterocycles. The van der Waals surface area contributed by atoms with Crippen molar-refractivity contribution in [3.63, 3.8) is 0 Å². The number of ether oxygens (including phenoxy) is 3. The quantitative estimate of drug-likeness (QED) is 0.811. The summed E-state index contributed by atoms with van der Waals surface area (Å²) in [5, 5.41) is 2.63. The Labute approximate surface area is 124 Å². The molecule has 1 aromatic carbocycles. The zero-order valence-corrected chi connectivity index (χ0v) is 13.0. The highest BCUT2D eigenvalue weighted by atomic mass is 16.6. The molecule has 1 aromatic rings. The summed E-state index contributed by atoms with van der Waals surface area (Å²) in [5.74, 6) is 5.92. The third kappa shape index (κ3) is 5.13. The predicted octanol–water partition coefficient (Wildman–Crippen LogP) is 2.44. The summed E-state index contributed by atoms with van der Waals surface area (Å²) in [6.45, 7) is 5.51. The Balaban J connectivity index is 3.08. The Morgan fingerprint density at radius 1 is 1.24 bits per heavy atom. The number of benzene rings is 1. The first-order valence-electron chi connectivity index (χ1n) is 6.37. The molecule has 0 saturated heterocycles. The number of rotatable bonds is 5. The summed E-state index contributed by atoms with van der Waals surface area (Å²) in [4.78, 5) is 16.5. The fourth-order valence-electron chi connectivity index (χ4n) is 1.71. The van der Waals surface area contributed by atoms with Crippen LogP contribution in [0, 0.1) is 0 Å². The van der Waals surface area contributed by atoms with Crippen molar-refractivity contribution in [2.45, 2.75) is 33.0 Å². The summed E-state index contributed by atoms with van der Waals surface area (Å²) in [6, 6.07) is 3.39. The maximum Gasteiger partial charge on any atom is 0.412 e. The summed E-state index contributed by atoms with van der Waals surface area (Å²) < 4.78 is 15.7. The molecule has 0 bridgehead atoms. The van der Waals surface area contributed by atoms with Gasteiger partial charge in [0.1, 0.15) is 5.60 Å². The second-order valence-corrected chi connectivity index (χ2v) is 5.32. The first-order chi connectivity index (χ1) is 9.80. The van der Waals surface area contributed by atoms with Crippen LogP contribution in [0.25, 0.3) is 0 Å². The van der Waals surface area contributed by atoms with Crippen molar-refractivity contribution in [2.24, 2.45) is 5.90 Å². The molecule has 21 heavy (non-hydrogen) atoms. The van der Waals surface area contributed by atoms with E-state index in [0.717, 1.165) is 5.56 Å². The van der Waals surface area contributed by atoms with Gasteiger partial charge in [0.2, 0.25) is 0 Å². The van der Waals surface area contributed by atoms with Gasteiger partial charge in [-0.1, -0.05) is 0 Å². The second-order valence-electron chi connectivity index (χ2n) is 5.32. The van der Waals surface area contributed by atoms with E-state index in [1.807, 2.05) is 0 Å². The van der Waals surface area contributed by atoms with Crippen LogP contribution in [0.15, 0.2) is 12.1 Å². The number of carbonyl (C=O) groups excluding carboxylic acids is 1. The third-order valence-corrected chi connectivity index (χ3v) is 2.42. The molecule has 0 unspecified atom stereocenters. The highest BCUT2D eigenvalue weighted by molar-refractivity contribution is 5.88. The second kappa shape index (κ2) is 7.14. The number of nitrogens with one attached hydrogen (secondary N) is 1. The summed E-state index contributed by atoms with van der Waals surface area (Å²) in [6.07, 6.45) is -0.589. The van der Waals surface area contributed by atoms with Gasteiger partial charge in [-0.15, -0.1) is 0 Å². The van der Waals surface area contributed by atoms with Crippen molar-refractivity contribution in [3.05, 3.63) is 17.7 Å². The zero-order chi connectivity index (χ0) is 16.0. The van der Waals surface area contributed by atoms with Crippen LogP contribution < -0.4 is 20.7 Å². The maximum absolute atomic E-state index is 11.9. The Bertz CT molecular complexity index is 497. The average Bonchev–Trinajstić information content (AvgIpc) is 2.36. The SMILES string of the molecule is COc1cc(CON)cc(NC(=O)OC(C)(C)C)c1OC. The van der Waals surface area contributed by atoms with E-state index >= 15 is 0 Å². The molecule has 3 N–H and O–H groups in total. The molecule has 118 valence electrons. The summed E-state index contributed by atoms with van der Waals surface area (Å²) in [7, 11) is 2.99. The van der Waals surface area contributed by atoms with Gasteiger partial charge in [-0.3, -0.25) is 10.2 Å². The van der Waals surface area contributed by atoms with Crippen LogP contribution in [-0.4, -0.2) is 25.9 Å². The van der Waals surface area contributed by atoms with Gasteiger partial charge in [0.25, 0.3) is 0 Å². The molecule has 0 radical (unpaired) electrons.